The lowest BCUT2D eigenvalue weighted by Gasteiger charge is -2.05. The first-order valence-electron chi connectivity index (χ1n) is 6.13. The molecule has 14 heavy (non-hydrogen) atoms. The Hall–Kier alpha value is -0.300. The fraction of sp³-hybridized carbons (Fsp3) is 0.846. The molecule has 0 bridgehead atoms. The van der Waals surface area contributed by atoms with Crippen molar-refractivity contribution in [2.24, 2.45) is 0 Å². The van der Waals surface area contributed by atoms with E-state index in [0.29, 0.717) is 6.61 Å². The molecular weight excluding hydrogens is 172 g/mol. The summed E-state index contributed by atoms with van der Waals surface area (Å²) in [5.41, 5.74) is 1.46. The number of aliphatic hydroxyl groups is 1. The Morgan fingerprint density at radius 3 is 2.36 bits per heavy atom. The average Bonchev–Trinajstić information content (AvgIpc) is 2.20. The van der Waals surface area contributed by atoms with Crippen LogP contribution in [0.25, 0.3) is 0 Å². The molecule has 0 fully saturated rings. The maximum absolute atomic E-state index is 8.90. The molecule has 0 rings (SSSR count). The van der Waals surface area contributed by atoms with E-state index < -0.39 is 0 Å². The van der Waals surface area contributed by atoms with Crippen molar-refractivity contribution in [3.8, 4) is 0 Å². The van der Waals surface area contributed by atoms with Gasteiger partial charge in [0, 0.05) is 6.61 Å². The molecule has 0 unspecified atom stereocenters. The highest BCUT2D eigenvalue weighted by molar-refractivity contribution is 5.01. The van der Waals surface area contributed by atoms with E-state index in [1.807, 2.05) is 0 Å². The molecule has 0 amide bonds. The van der Waals surface area contributed by atoms with Crippen LogP contribution >= 0.6 is 0 Å². The minimum atomic E-state index is 0.309. The van der Waals surface area contributed by atoms with Crippen LogP contribution in [0.4, 0.5) is 0 Å². The first kappa shape index (κ1) is 13.7. The highest BCUT2D eigenvalue weighted by Crippen LogP contribution is 2.14. The van der Waals surface area contributed by atoms with Crippen LogP contribution in [0.1, 0.15) is 65.2 Å². The first-order chi connectivity index (χ1) is 6.85. The summed E-state index contributed by atoms with van der Waals surface area (Å²) in [5.74, 6) is 0. The van der Waals surface area contributed by atoms with Crippen molar-refractivity contribution in [1.29, 1.82) is 0 Å². The number of rotatable bonds is 9. The summed E-state index contributed by atoms with van der Waals surface area (Å²) >= 11 is 0. The van der Waals surface area contributed by atoms with Gasteiger partial charge >= 0.3 is 0 Å². The van der Waals surface area contributed by atoms with Gasteiger partial charge in [0.25, 0.3) is 0 Å². The summed E-state index contributed by atoms with van der Waals surface area (Å²) < 4.78 is 0. The quantitative estimate of drug-likeness (QED) is 0.437. The summed E-state index contributed by atoms with van der Waals surface area (Å²) in [6.07, 6.45) is 12.1. The molecule has 0 atom stereocenters. The topological polar surface area (TPSA) is 20.2 Å². The lowest BCUT2D eigenvalue weighted by atomic mass is 10.0. The minimum absolute atomic E-state index is 0.309. The zero-order chi connectivity index (χ0) is 10.6. The Balaban J connectivity index is 3.61. The number of allylic oxidation sites excluding steroid dienone is 1. The second-order valence-electron chi connectivity index (χ2n) is 3.94. The molecule has 0 saturated heterocycles. The summed E-state index contributed by atoms with van der Waals surface area (Å²) in [6, 6.07) is 0. The van der Waals surface area contributed by atoms with E-state index >= 15 is 0 Å². The molecule has 84 valence electrons. The maximum Gasteiger partial charge on any atom is 0.0468 e. The summed E-state index contributed by atoms with van der Waals surface area (Å²) in [5, 5.41) is 8.90. The molecule has 0 aromatic carbocycles. The van der Waals surface area contributed by atoms with E-state index in [1.54, 1.807) is 0 Å². The van der Waals surface area contributed by atoms with E-state index in [0.717, 1.165) is 6.42 Å². The molecule has 0 aliphatic rings. The van der Waals surface area contributed by atoms with Crippen molar-refractivity contribution < 1.29 is 5.11 Å². The normalized spacial score (nSPS) is 12.1. The fourth-order valence-electron chi connectivity index (χ4n) is 1.60. The van der Waals surface area contributed by atoms with E-state index in [-0.39, 0.29) is 0 Å². The molecule has 0 aromatic rings. The number of aliphatic hydroxyl groups excluding tert-OH is 1. The lowest BCUT2D eigenvalue weighted by Crippen LogP contribution is -1.90. The number of unbranched alkanes of at least 4 members (excludes halogenated alkanes) is 4. The van der Waals surface area contributed by atoms with Crippen LogP contribution < -0.4 is 0 Å². The van der Waals surface area contributed by atoms with Gasteiger partial charge in [0.2, 0.25) is 0 Å². The van der Waals surface area contributed by atoms with Gasteiger partial charge in [0.15, 0.2) is 0 Å². The molecule has 0 aliphatic heterocycles. The summed E-state index contributed by atoms with van der Waals surface area (Å²) in [7, 11) is 0. The maximum atomic E-state index is 8.90. The third kappa shape index (κ3) is 8.31. The third-order valence-electron chi connectivity index (χ3n) is 2.51. The zero-order valence-electron chi connectivity index (χ0n) is 9.89. The molecule has 0 aromatic heterocycles. The smallest absolute Gasteiger partial charge is 0.0468 e. The predicted octanol–water partition coefficient (Wildman–Crippen LogP) is 4.07. The van der Waals surface area contributed by atoms with Gasteiger partial charge in [-0.25, -0.2) is 0 Å². The Kier molecular flexibility index (Phi) is 10.5. The first-order valence-corrected chi connectivity index (χ1v) is 6.13. The van der Waals surface area contributed by atoms with Gasteiger partial charge in [-0.1, -0.05) is 51.2 Å². The Morgan fingerprint density at radius 1 is 1.00 bits per heavy atom. The largest absolute Gasteiger partial charge is 0.396 e. The number of hydrogen-bond donors (Lipinski definition) is 1. The van der Waals surface area contributed by atoms with E-state index in [9.17, 15) is 0 Å². The van der Waals surface area contributed by atoms with Crippen molar-refractivity contribution in [2.45, 2.75) is 65.2 Å². The van der Waals surface area contributed by atoms with Gasteiger partial charge in [-0.05, 0) is 25.7 Å². The molecule has 0 radical (unpaired) electrons. The van der Waals surface area contributed by atoms with Crippen LogP contribution in [0.2, 0.25) is 0 Å². The standard InChI is InChI=1S/C13H26O/c1-3-5-7-8-10-13(11-12-14)9-6-4-2/h9,14H,3-8,10-12H2,1-2H3/b13-9+. The van der Waals surface area contributed by atoms with Gasteiger partial charge in [0.05, 0.1) is 0 Å². The molecule has 0 spiro atoms. The zero-order valence-corrected chi connectivity index (χ0v) is 9.89. The second-order valence-corrected chi connectivity index (χ2v) is 3.94. The van der Waals surface area contributed by atoms with Crippen LogP contribution in [0.5, 0.6) is 0 Å². The Bertz CT molecular complexity index is 138. The van der Waals surface area contributed by atoms with Crippen molar-refractivity contribution in [1.82, 2.24) is 0 Å². The SMILES string of the molecule is CCC/C=C(/CCO)CCCCCC. The van der Waals surface area contributed by atoms with Crippen LogP contribution in [-0.2, 0) is 0 Å². The molecule has 0 aliphatic carbocycles. The lowest BCUT2D eigenvalue weighted by molar-refractivity contribution is 0.297. The summed E-state index contributed by atoms with van der Waals surface area (Å²) in [6.45, 7) is 4.75. The molecule has 0 heterocycles. The van der Waals surface area contributed by atoms with Crippen LogP contribution in [0, 0.1) is 0 Å². The second kappa shape index (κ2) is 10.8. The molecule has 1 heteroatoms. The molecular formula is C13H26O. The van der Waals surface area contributed by atoms with E-state index in [1.165, 1.54) is 50.5 Å². The van der Waals surface area contributed by atoms with Gasteiger partial charge in [-0.2, -0.15) is 0 Å². The average molecular weight is 198 g/mol. The van der Waals surface area contributed by atoms with Crippen molar-refractivity contribution in [3.05, 3.63) is 11.6 Å². The fourth-order valence-corrected chi connectivity index (χ4v) is 1.60. The van der Waals surface area contributed by atoms with Gasteiger partial charge in [0.1, 0.15) is 0 Å². The molecule has 1 nitrogen and oxygen atoms in total. The monoisotopic (exact) mass is 198 g/mol. The Morgan fingerprint density at radius 2 is 1.79 bits per heavy atom. The van der Waals surface area contributed by atoms with Crippen molar-refractivity contribution in [3.63, 3.8) is 0 Å². The van der Waals surface area contributed by atoms with Crippen LogP contribution in [0.15, 0.2) is 11.6 Å². The predicted molar refractivity (Wildman–Crippen MR) is 63.5 cm³/mol. The minimum Gasteiger partial charge on any atom is -0.396 e. The van der Waals surface area contributed by atoms with Gasteiger partial charge in [-0.3, -0.25) is 0 Å². The highest BCUT2D eigenvalue weighted by Gasteiger charge is 1.96. The molecule has 0 saturated carbocycles. The highest BCUT2D eigenvalue weighted by atomic mass is 16.2. The van der Waals surface area contributed by atoms with Gasteiger partial charge < -0.3 is 5.11 Å². The Labute approximate surface area is 89.2 Å². The van der Waals surface area contributed by atoms with Gasteiger partial charge in [-0.15, -0.1) is 0 Å². The third-order valence-corrected chi connectivity index (χ3v) is 2.51. The number of hydrogen-bond acceptors (Lipinski definition) is 1. The summed E-state index contributed by atoms with van der Waals surface area (Å²) in [4.78, 5) is 0. The van der Waals surface area contributed by atoms with Crippen molar-refractivity contribution in [2.75, 3.05) is 6.61 Å². The van der Waals surface area contributed by atoms with E-state index in [2.05, 4.69) is 19.9 Å². The van der Waals surface area contributed by atoms with Crippen molar-refractivity contribution >= 4 is 0 Å². The van der Waals surface area contributed by atoms with Crippen LogP contribution in [-0.4, -0.2) is 11.7 Å². The molecule has 1 N–H and O–H groups in total. The van der Waals surface area contributed by atoms with E-state index in [4.69, 9.17) is 5.11 Å². The van der Waals surface area contributed by atoms with Crippen LogP contribution in [0.3, 0.4) is 0 Å².